The summed E-state index contributed by atoms with van der Waals surface area (Å²) in [7, 11) is 0. The van der Waals surface area contributed by atoms with Crippen LogP contribution < -0.4 is 4.90 Å². The summed E-state index contributed by atoms with van der Waals surface area (Å²) in [6.07, 6.45) is 0. The summed E-state index contributed by atoms with van der Waals surface area (Å²) in [5, 5.41) is 5.97. The third kappa shape index (κ3) is 5.28. The van der Waals surface area contributed by atoms with Crippen molar-refractivity contribution in [1.82, 2.24) is 4.98 Å². The van der Waals surface area contributed by atoms with E-state index < -0.39 is 0 Å². The molecule has 8 aromatic carbocycles. The van der Waals surface area contributed by atoms with Crippen molar-refractivity contribution in [1.29, 1.82) is 0 Å². The van der Waals surface area contributed by atoms with Gasteiger partial charge in [-0.05, 0) is 81.6 Å². The lowest BCUT2D eigenvalue weighted by Crippen LogP contribution is -2.10. The zero-order chi connectivity index (χ0) is 33.7. The molecule has 2 nitrogen and oxygen atoms in total. The zero-order valence-electron chi connectivity index (χ0n) is 27.5. The highest BCUT2D eigenvalue weighted by Crippen LogP contribution is 2.48. The molecule has 10 rings (SSSR count). The van der Waals surface area contributed by atoms with Gasteiger partial charge in [0.25, 0.3) is 0 Å². The van der Waals surface area contributed by atoms with E-state index in [1.165, 1.54) is 57.9 Å². The van der Waals surface area contributed by atoms with Crippen molar-refractivity contribution in [2.24, 2.45) is 0 Å². The highest BCUT2D eigenvalue weighted by molar-refractivity contribution is 7.26. The molecular weight excluding hydrogens is 657 g/mol. The van der Waals surface area contributed by atoms with Crippen LogP contribution >= 0.6 is 22.7 Å². The predicted molar refractivity (Wildman–Crippen MR) is 221 cm³/mol. The molecule has 0 N–H and O–H groups in total. The third-order valence-electron chi connectivity index (χ3n) is 9.67. The monoisotopic (exact) mass is 686 g/mol. The second-order valence-corrected chi connectivity index (χ2v) is 14.9. The summed E-state index contributed by atoms with van der Waals surface area (Å²) >= 11 is 3.62. The van der Waals surface area contributed by atoms with E-state index in [1.807, 2.05) is 11.3 Å². The van der Waals surface area contributed by atoms with Gasteiger partial charge in [0.2, 0.25) is 0 Å². The molecule has 0 aliphatic heterocycles. The number of thiophene rings is 1. The number of hydrogen-bond acceptors (Lipinski definition) is 4. The molecular formula is C47H30N2S2. The second kappa shape index (κ2) is 12.4. The fourth-order valence-electron chi connectivity index (χ4n) is 7.26. The molecule has 0 atom stereocenters. The van der Waals surface area contributed by atoms with E-state index in [9.17, 15) is 0 Å². The molecule has 51 heavy (non-hydrogen) atoms. The number of thiazole rings is 1. The highest BCUT2D eigenvalue weighted by atomic mass is 32.1. The van der Waals surface area contributed by atoms with E-state index in [4.69, 9.17) is 4.98 Å². The first-order chi connectivity index (χ1) is 25.3. The van der Waals surface area contributed by atoms with Crippen molar-refractivity contribution in [3.05, 3.63) is 182 Å². The molecule has 0 saturated carbocycles. The first-order valence-corrected chi connectivity index (χ1v) is 18.8. The average molecular weight is 687 g/mol. The Kier molecular flexibility index (Phi) is 7.23. The average Bonchev–Trinajstić information content (AvgIpc) is 3.79. The smallest absolute Gasteiger partial charge is 0.124 e. The van der Waals surface area contributed by atoms with Crippen LogP contribution in [0.15, 0.2) is 182 Å². The minimum atomic E-state index is 1.04. The Labute approximate surface area is 304 Å². The van der Waals surface area contributed by atoms with Gasteiger partial charge >= 0.3 is 0 Å². The van der Waals surface area contributed by atoms with Crippen LogP contribution in [0.1, 0.15) is 0 Å². The van der Waals surface area contributed by atoms with E-state index in [0.717, 1.165) is 33.1 Å². The first-order valence-electron chi connectivity index (χ1n) is 17.1. The van der Waals surface area contributed by atoms with Crippen LogP contribution in [0.25, 0.3) is 74.0 Å². The number of aromatic nitrogens is 1. The summed E-state index contributed by atoms with van der Waals surface area (Å²) < 4.78 is 3.75. The third-order valence-corrected chi connectivity index (χ3v) is 11.9. The number of anilines is 3. The molecule has 2 heterocycles. The Morgan fingerprint density at radius 2 is 1.06 bits per heavy atom. The molecule has 0 amide bonds. The maximum atomic E-state index is 5.14. The Hall–Kier alpha value is -6.07. The van der Waals surface area contributed by atoms with Crippen molar-refractivity contribution in [3.63, 3.8) is 0 Å². The summed E-state index contributed by atoms with van der Waals surface area (Å²) in [6.45, 7) is 0. The van der Waals surface area contributed by atoms with Crippen LogP contribution in [0.2, 0.25) is 0 Å². The molecule has 2 aromatic heterocycles. The molecule has 0 aliphatic rings. The van der Waals surface area contributed by atoms with Crippen LogP contribution in [-0.2, 0) is 0 Å². The standard InChI is InChI=1S/C47H30N2S2/c1-4-14-32(15-5-1)38-26-25-37(28-39(38)33-16-6-2-7-17-33)49(36-24-23-31-13-10-11-20-35(31)27-36)42-21-12-22-43-46(42)40-29-41-45(30-44(40)50-43)51-47(48-41)34-18-8-3-9-19-34/h1-30H. The van der Waals surface area contributed by atoms with E-state index in [2.05, 4.69) is 187 Å². The van der Waals surface area contributed by atoms with Gasteiger partial charge in [-0.1, -0.05) is 133 Å². The van der Waals surface area contributed by atoms with Crippen molar-refractivity contribution >= 4 is 80.9 Å². The molecule has 0 fully saturated rings. The van der Waals surface area contributed by atoms with Crippen molar-refractivity contribution in [2.75, 3.05) is 4.90 Å². The predicted octanol–water partition coefficient (Wildman–Crippen LogP) is 14.3. The summed E-state index contributed by atoms with van der Waals surface area (Å²) in [5.41, 5.74) is 10.4. The number of nitrogens with zero attached hydrogens (tertiary/aromatic N) is 2. The number of benzene rings is 8. The molecule has 0 spiro atoms. The van der Waals surface area contributed by atoms with Gasteiger partial charge in [0.1, 0.15) is 5.01 Å². The quantitative estimate of drug-likeness (QED) is 0.173. The molecule has 10 aromatic rings. The lowest BCUT2D eigenvalue weighted by Gasteiger charge is -2.28. The minimum absolute atomic E-state index is 1.04. The molecule has 0 saturated heterocycles. The van der Waals surface area contributed by atoms with Gasteiger partial charge < -0.3 is 4.90 Å². The zero-order valence-corrected chi connectivity index (χ0v) is 29.2. The van der Waals surface area contributed by atoms with E-state index in [0.29, 0.717) is 0 Å². The second-order valence-electron chi connectivity index (χ2n) is 12.8. The fourth-order valence-corrected chi connectivity index (χ4v) is 9.47. The van der Waals surface area contributed by atoms with Crippen LogP contribution in [0.4, 0.5) is 17.1 Å². The van der Waals surface area contributed by atoms with Gasteiger partial charge in [0.15, 0.2) is 0 Å². The summed E-state index contributed by atoms with van der Waals surface area (Å²) in [6, 6.07) is 65.7. The maximum Gasteiger partial charge on any atom is 0.124 e. The van der Waals surface area contributed by atoms with Gasteiger partial charge in [-0.25, -0.2) is 4.98 Å². The van der Waals surface area contributed by atoms with E-state index in [1.54, 1.807) is 11.3 Å². The largest absolute Gasteiger partial charge is 0.310 e. The minimum Gasteiger partial charge on any atom is -0.310 e. The van der Waals surface area contributed by atoms with Gasteiger partial charge in [-0.2, -0.15) is 0 Å². The molecule has 240 valence electrons. The number of rotatable bonds is 6. The van der Waals surface area contributed by atoms with E-state index >= 15 is 0 Å². The Morgan fingerprint density at radius 1 is 0.412 bits per heavy atom. The number of hydrogen-bond donors (Lipinski definition) is 0. The fraction of sp³-hybridized carbons (Fsp3) is 0. The highest BCUT2D eigenvalue weighted by Gasteiger charge is 2.21. The van der Waals surface area contributed by atoms with E-state index in [-0.39, 0.29) is 0 Å². The van der Waals surface area contributed by atoms with Crippen LogP contribution in [0.3, 0.4) is 0 Å². The first kappa shape index (κ1) is 29.8. The topological polar surface area (TPSA) is 16.1 Å². The summed E-state index contributed by atoms with van der Waals surface area (Å²) in [5.74, 6) is 0. The number of fused-ring (bicyclic) bond motifs is 5. The van der Waals surface area contributed by atoms with Crippen LogP contribution in [0.5, 0.6) is 0 Å². The lowest BCUT2D eigenvalue weighted by atomic mass is 9.93. The Balaban J connectivity index is 1.23. The van der Waals surface area contributed by atoms with Crippen molar-refractivity contribution in [2.45, 2.75) is 0 Å². The summed E-state index contributed by atoms with van der Waals surface area (Å²) in [4.78, 5) is 7.58. The SMILES string of the molecule is c1ccc(-c2nc3cc4c(cc3s2)sc2cccc(N(c3ccc(-c5ccccc5)c(-c5ccccc5)c3)c3ccc5ccccc5c3)c24)cc1. The molecule has 0 bridgehead atoms. The molecule has 0 unspecified atom stereocenters. The lowest BCUT2D eigenvalue weighted by molar-refractivity contribution is 1.31. The van der Waals surface area contributed by atoms with Gasteiger partial charge in [0, 0.05) is 37.1 Å². The van der Waals surface area contributed by atoms with Gasteiger partial charge in [-0.15, -0.1) is 22.7 Å². The van der Waals surface area contributed by atoms with Crippen LogP contribution in [0, 0.1) is 0 Å². The Morgan fingerprint density at radius 3 is 1.82 bits per heavy atom. The molecule has 4 heteroatoms. The molecule has 0 aliphatic carbocycles. The Bertz CT molecular complexity index is 2860. The van der Waals surface area contributed by atoms with Crippen LogP contribution in [-0.4, -0.2) is 4.98 Å². The van der Waals surface area contributed by atoms with Crippen molar-refractivity contribution < 1.29 is 0 Å². The normalized spacial score (nSPS) is 11.5. The van der Waals surface area contributed by atoms with Gasteiger partial charge in [-0.3, -0.25) is 0 Å². The van der Waals surface area contributed by atoms with Crippen molar-refractivity contribution in [3.8, 4) is 32.8 Å². The van der Waals surface area contributed by atoms with Gasteiger partial charge in [0.05, 0.1) is 15.9 Å². The molecule has 0 radical (unpaired) electrons. The maximum absolute atomic E-state index is 5.14.